The van der Waals surface area contributed by atoms with Gasteiger partial charge in [0, 0.05) is 49.8 Å². The van der Waals surface area contributed by atoms with Gasteiger partial charge in [-0.1, -0.05) is 18.2 Å². The van der Waals surface area contributed by atoms with E-state index in [1.807, 2.05) is 29.0 Å². The molecule has 0 aliphatic carbocycles. The predicted molar refractivity (Wildman–Crippen MR) is 127 cm³/mol. The third-order valence-electron chi connectivity index (χ3n) is 5.52. The smallest absolute Gasteiger partial charge is 0.262 e. The number of aryl methyl sites for hydroxylation is 1. The molecule has 0 saturated carbocycles. The Morgan fingerprint density at radius 1 is 1.09 bits per heavy atom. The minimum Gasteiger partial charge on any atom is -0.484 e. The second-order valence-corrected chi connectivity index (χ2v) is 8.05. The molecule has 34 heavy (non-hydrogen) atoms. The lowest BCUT2D eigenvalue weighted by Crippen LogP contribution is -2.33. The van der Waals surface area contributed by atoms with Crippen LogP contribution in [-0.4, -0.2) is 47.0 Å². The fourth-order valence-corrected chi connectivity index (χ4v) is 3.76. The number of nitrogens with zero attached hydrogens (tertiary/aromatic N) is 3. The summed E-state index contributed by atoms with van der Waals surface area (Å²) in [5.74, 6) is -0.312. The number of amides is 3. The molecule has 2 aromatic carbocycles. The second kappa shape index (κ2) is 11.1. The SMILES string of the molecule is O=C(COc1ccc(N2C[C@H](C(=O)NCCCn3ccnc3)CC2=O)cc1)Nc1ccccc1. The van der Waals surface area contributed by atoms with Gasteiger partial charge in [0.25, 0.3) is 5.91 Å². The maximum atomic E-state index is 12.5. The van der Waals surface area contributed by atoms with Gasteiger partial charge in [-0.05, 0) is 42.8 Å². The van der Waals surface area contributed by atoms with Crippen LogP contribution >= 0.6 is 0 Å². The van der Waals surface area contributed by atoms with E-state index in [1.54, 1.807) is 53.8 Å². The lowest BCUT2D eigenvalue weighted by Gasteiger charge is -2.17. The summed E-state index contributed by atoms with van der Waals surface area (Å²) in [5.41, 5.74) is 1.40. The van der Waals surface area contributed by atoms with Crippen LogP contribution in [0.1, 0.15) is 12.8 Å². The van der Waals surface area contributed by atoms with Gasteiger partial charge in [0.2, 0.25) is 11.8 Å². The lowest BCUT2D eigenvalue weighted by atomic mass is 10.1. The summed E-state index contributed by atoms with van der Waals surface area (Å²) in [6.07, 6.45) is 6.32. The highest BCUT2D eigenvalue weighted by Gasteiger charge is 2.34. The molecule has 1 aliphatic rings. The van der Waals surface area contributed by atoms with Crippen molar-refractivity contribution in [3.05, 3.63) is 73.3 Å². The van der Waals surface area contributed by atoms with E-state index < -0.39 is 0 Å². The maximum absolute atomic E-state index is 12.5. The van der Waals surface area contributed by atoms with Crippen LogP contribution in [0.5, 0.6) is 5.75 Å². The minimum absolute atomic E-state index is 0.0885. The van der Waals surface area contributed by atoms with Crippen LogP contribution < -0.4 is 20.3 Å². The number of anilines is 2. The number of carbonyl (C=O) groups is 3. The maximum Gasteiger partial charge on any atom is 0.262 e. The number of nitrogens with one attached hydrogen (secondary N) is 2. The van der Waals surface area contributed by atoms with Gasteiger partial charge >= 0.3 is 0 Å². The zero-order valence-corrected chi connectivity index (χ0v) is 18.7. The van der Waals surface area contributed by atoms with Gasteiger partial charge < -0.3 is 24.8 Å². The van der Waals surface area contributed by atoms with E-state index in [1.165, 1.54) is 0 Å². The van der Waals surface area contributed by atoms with Crippen molar-refractivity contribution < 1.29 is 19.1 Å². The quantitative estimate of drug-likeness (QED) is 0.451. The van der Waals surface area contributed by atoms with Gasteiger partial charge in [0.1, 0.15) is 5.75 Å². The Bertz CT molecular complexity index is 1100. The normalized spacial score (nSPS) is 15.2. The van der Waals surface area contributed by atoms with Crippen molar-refractivity contribution in [2.75, 3.05) is 29.9 Å². The zero-order valence-electron chi connectivity index (χ0n) is 18.7. The van der Waals surface area contributed by atoms with E-state index in [0.29, 0.717) is 30.2 Å². The van der Waals surface area contributed by atoms with Crippen LogP contribution in [0.25, 0.3) is 0 Å². The van der Waals surface area contributed by atoms with Gasteiger partial charge in [-0.3, -0.25) is 14.4 Å². The molecule has 1 aromatic heterocycles. The molecule has 3 aromatic rings. The standard InChI is InChI=1S/C25H27N5O4/c31-23(28-20-5-2-1-3-6-20)17-34-22-9-7-21(8-10-22)30-16-19(15-24(30)32)25(33)27-11-4-13-29-14-12-26-18-29/h1-3,5-10,12,14,18-19H,4,11,13,15-17H2,(H,27,33)(H,28,31)/t19-/m1/s1. The summed E-state index contributed by atoms with van der Waals surface area (Å²) in [6.45, 7) is 1.54. The molecular formula is C25H27N5O4. The molecule has 9 heteroatoms. The molecule has 0 bridgehead atoms. The first-order valence-electron chi connectivity index (χ1n) is 11.2. The molecule has 2 heterocycles. The molecule has 1 atom stereocenters. The molecule has 1 fully saturated rings. The van der Waals surface area contributed by atoms with Gasteiger partial charge in [-0.2, -0.15) is 0 Å². The summed E-state index contributed by atoms with van der Waals surface area (Å²) in [7, 11) is 0. The molecule has 176 valence electrons. The van der Waals surface area contributed by atoms with Gasteiger partial charge in [0.15, 0.2) is 6.61 Å². The monoisotopic (exact) mass is 461 g/mol. The summed E-state index contributed by atoms with van der Waals surface area (Å²) in [6, 6.07) is 16.1. The summed E-state index contributed by atoms with van der Waals surface area (Å²) in [4.78, 5) is 42.6. The lowest BCUT2D eigenvalue weighted by molar-refractivity contribution is -0.126. The molecule has 0 unspecified atom stereocenters. The Morgan fingerprint density at radius 3 is 2.62 bits per heavy atom. The van der Waals surface area contributed by atoms with Crippen molar-refractivity contribution in [2.45, 2.75) is 19.4 Å². The van der Waals surface area contributed by atoms with Crippen molar-refractivity contribution in [2.24, 2.45) is 5.92 Å². The zero-order chi connectivity index (χ0) is 23.8. The Kier molecular flexibility index (Phi) is 7.54. The minimum atomic E-state index is -0.377. The third-order valence-corrected chi connectivity index (χ3v) is 5.52. The molecule has 2 N–H and O–H groups in total. The van der Waals surface area contributed by atoms with Gasteiger partial charge in [0.05, 0.1) is 12.2 Å². The van der Waals surface area contributed by atoms with E-state index in [-0.39, 0.29) is 36.7 Å². The Labute approximate surface area is 197 Å². The highest BCUT2D eigenvalue weighted by Crippen LogP contribution is 2.27. The average Bonchev–Trinajstić information content (AvgIpc) is 3.51. The first-order chi connectivity index (χ1) is 16.6. The molecule has 3 amide bonds. The first-order valence-corrected chi connectivity index (χ1v) is 11.2. The third kappa shape index (κ3) is 6.22. The van der Waals surface area contributed by atoms with E-state index >= 15 is 0 Å². The van der Waals surface area contributed by atoms with Crippen molar-refractivity contribution in [1.29, 1.82) is 0 Å². The van der Waals surface area contributed by atoms with Gasteiger partial charge in [-0.15, -0.1) is 0 Å². The molecule has 0 spiro atoms. The number of ether oxygens (including phenoxy) is 1. The first kappa shape index (κ1) is 23.0. The van der Waals surface area contributed by atoms with Crippen molar-refractivity contribution in [3.8, 4) is 5.75 Å². The number of benzene rings is 2. The number of rotatable bonds is 10. The number of hydrogen-bond donors (Lipinski definition) is 2. The fraction of sp³-hybridized carbons (Fsp3) is 0.280. The number of para-hydroxylation sites is 1. The number of imidazole rings is 1. The fourth-order valence-electron chi connectivity index (χ4n) is 3.76. The van der Waals surface area contributed by atoms with Crippen LogP contribution in [0.3, 0.4) is 0 Å². The molecule has 4 rings (SSSR count). The summed E-state index contributed by atoms with van der Waals surface area (Å²) < 4.78 is 7.49. The van der Waals surface area contributed by atoms with Crippen molar-refractivity contribution >= 4 is 29.1 Å². The van der Waals surface area contributed by atoms with E-state index in [9.17, 15) is 14.4 Å². The molecule has 0 radical (unpaired) electrons. The van der Waals surface area contributed by atoms with E-state index in [4.69, 9.17) is 4.74 Å². The highest BCUT2D eigenvalue weighted by atomic mass is 16.5. The van der Waals surface area contributed by atoms with Crippen molar-refractivity contribution in [1.82, 2.24) is 14.9 Å². The Balaban J connectivity index is 1.21. The van der Waals surface area contributed by atoms with Gasteiger partial charge in [-0.25, -0.2) is 4.98 Å². The summed E-state index contributed by atoms with van der Waals surface area (Å²) >= 11 is 0. The molecule has 1 aliphatic heterocycles. The van der Waals surface area contributed by atoms with E-state index in [0.717, 1.165) is 13.0 Å². The number of carbonyl (C=O) groups excluding carboxylic acids is 3. The van der Waals surface area contributed by atoms with Crippen molar-refractivity contribution in [3.63, 3.8) is 0 Å². The highest BCUT2D eigenvalue weighted by molar-refractivity contribution is 6.00. The Morgan fingerprint density at radius 2 is 1.88 bits per heavy atom. The van der Waals surface area contributed by atoms with Crippen LogP contribution in [0.2, 0.25) is 0 Å². The number of hydrogen-bond acceptors (Lipinski definition) is 5. The van der Waals surface area contributed by atoms with Crippen LogP contribution in [0.4, 0.5) is 11.4 Å². The predicted octanol–water partition coefficient (Wildman–Crippen LogP) is 2.46. The average molecular weight is 462 g/mol. The van der Waals surface area contributed by atoms with Crippen LogP contribution in [-0.2, 0) is 20.9 Å². The summed E-state index contributed by atoms with van der Waals surface area (Å²) in [5, 5.41) is 5.68. The largest absolute Gasteiger partial charge is 0.484 e. The Hall–Kier alpha value is -4.14. The second-order valence-electron chi connectivity index (χ2n) is 8.05. The van der Waals surface area contributed by atoms with Crippen LogP contribution in [0, 0.1) is 5.92 Å². The molecule has 9 nitrogen and oxygen atoms in total. The number of aromatic nitrogens is 2. The molecular weight excluding hydrogens is 434 g/mol. The topological polar surface area (TPSA) is 106 Å². The molecule has 1 saturated heterocycles. The van der Waals surface area contributed by atoms with E-state index in [2.05, 4.69) is 15.6 Å². The van der Waals surface area contributed by atoms with Crippen LogP contribution in [0.15, 0.2) is 73.3 Å².